The summed E-state index contributed by atoms with van der Waals surface area (Å²) in [6, 6.07) is 1.06. The SMILES string of the molecule is O=S(=O)(CCCCNC1CC1)N1CCC2CCCCC21. The highest BCUT2D eigenvalue weighted by atomic mass is 32.2. The van der Waals surface area contributed by atoms with E-state index in [1.807, 2.05) is 4.31 Å². The predicted molar refractivity (Wildman–Crippen MR) is 81.1 cm³/mol. The highest BCUT2D eigenvalue weighted by molar-refractivity contribution is 7.89. The third kappa shape index (κ3) is 3.55. The van der Waals surface area contributed by atoms with Crippen LogP contribution in [0.15, 0.2) is 0 Å². The van der Waals surface area contributed by atoms with Crippen molar-refractivity contribution in [2.75, 3.05) is 18.8 Å². The molecule has 4 nitrogen and oxygen atoms in total. The van der Waals surface area contributed by atoms with Crippen LogP contribution in [0.25, 0.3) is 0 Å². The Balaban J connectivity index is 1.44. The highest BCUT2D eigenvalue weighted by Crippen LogP contribution is 2.37. The van der Waals surface area contributed by atoms with Gasteiger partial charge in [-0.3, -0.25) is 0 Å². The van der Waals surface area contributed by atoms with Gasteiger partial charge in [0.05, 0.1) is 5.75 Å². The Morgan fingerprint density at radius 3 is 2.60 bits per heavy atom. The molecule has 2 unspecified atom stereocenters. The topological polar surface area (TPSA) is 49.4 Å². The molecule has 1 aliphatic heterocycles. The molecule has 3 aliphatic rings. The van der Waals surface area contributed by atoms with E-state index in [4.69, 9.17) is 0 Å². The van der Waals surface area contributed by atoms with Crippen LogP contribution in [-0.4, -0.2) is 43.6 Å². The van der Waals surface area contributed by atoms with Gasteiger partial charge in [0, 0.05) is 18.6 Å². The van der Waals surface area contributed by atoms with Crippen LogP contribution in [0.3, 0.4) is 0 Å². The van der Waals surface area contributed by atoms with Crippen molar-refractivity contribution in [1.82, 2.24) is 9.62 Å². The predicted octanol–water partition coefficient (Wildman–Crippen LogP) is 2.11. The molecule has 2 aliphatic carbocycles. The fourth-order valence-electron chi connectivity index (χ4n) is 3.83. The molecule has 5 heteroatoms. The summed E-state index contributed by atoms with van der Waals surface area (Å²) in [5, 5.41) is 3.45. The van der Waals surface area contributed by atoms with Gasteiger partial charge < -0.3 is 5.32 Å². The van der Waals surface area contributed by atoms with Gasteiger partial charge in [-0.1, -0.05) is 12.8 Å². The van der Waals surface area contributed by atoms with E-state index in [1.165, 1.54) is 32.1 Å². The van der Waals surface area contributed by atoms with Crippen molar-refractivity contribution >= 4 is 10.0 Å². The standard InChI is InChI=1S/C15H28N2O2S/c18-20(19,12-4-3-10-16-14-7-8-14)17-11-9-13-5-1-2-6-15(13)17/h13-16H,1-12H2. The summed E-state index contributed by atoms with van der Waals surface area (Å²) in [6.07, 6.45) is 10.3. The normalized spacial score (nSPS) is 31.4. The van der Waals surface area contributed by atoms with Gasteiger partial charge in [0.25, 0.3) is 0 Å². The Labute approximate surface area is 123 Å². The van der Waals surface area contributed by atoms with Crippen molar-refractivity contribution in [1.29, 1.82) is 0 Å². The molecule has 20 heavy (non-hydrogen) atoms. The first-order valence-corrected chi connectivity index (χ1v) is 10.0. The Morgan fingerprint density at radius 1 is 1.00 bits per heavy atom. The second-order valence-corrected chi connectivity index (χ2v) is 8.80. The van der Waals surface area contributed by atoms with Crippen LogP contribution in [0.1, 0.15) is 57.8 Å². The minimum absolute atomic E-state index is 0.332. The third-order valence-electron chi connectivity index (χ3n) is 5.16. The van der Waals surface area contributed by atoms with Crippen molar-refractivity contribution < 1.29 is 8.42 Å². The van der Waals surface area contributed by atoms with Gasteiger partial charge in [-0.15, -0.1) is 0 Å². The van der Waals surface area contributed by atoms with Gasteiger partial charge in [0.1, 0.15) is 0 Å². The second-order valence-electron chi connectivity index (χ2n) is 6.76. The number of hydrogen-bond donors (Lipinski definition) is 1. The molecule has 1 heterocycles. The lowest BCUT2D eigenvalue weighted by atomic mass is 9.86. The molecule has 116 valence electrons. The van der Waals surface area contributed by atoms with E-state index < -0.39 is 10.0 Å². The molecule has 1 saturated heterocycles. The average molecular weight is 300 g/mol. The molecule has 0 bridgehead atoms. The first kappa shape index (κ1) is 14.8. The molecule has 0 aromatic carbocycles. The van der Waals surface area contributed by atoms with Crippen molar-refractivity contribution in [2.45, 2.75) is 69.9 Å². The van der Waals surface area contributed by atoms with Crippen LogP contribution >= 0.6 is 0 Å². The van der Waals surface area contributed by atoms with Crippen LogP contribution in [0.4, 0.5) is 0 Å². The maximum atomic E-state index is 12.5. The average Bonchev–Trinajstić information content (AvgIpc) is 3.15. The maximum absolute atomic E-state index is 12.5. The smallest absolute Gasteiger partial charge is 0.214 e. The van der Waals surface area contributed by atoms with E-state index in [0.717, 1.165) is 44.8 Å². The second kappa shape index (κ2) is 6.32. The van der Waals surface area contributed by atoms with Crippen LogP contribution in [0.5, 0.6) is 0 Å². The number of sulfonamides is 1. The lowest BCUT2D eigenvalue weighted by Gasteiger charge is -2.31. The summed E-state index contributed by atoms with van der Waals surface area (Å²) in [6.45, 7) is 1.75. The molecular formula is C15H28N2O2S. The summed E-state index contributed by atoms with van der Waals surface area (Å²) < 4.78 is 26.9. The fraction of sp³-hybridized carbons (Fsp3) is 1.00. The van der Waals surface area contributed by atoms with Crippen molar-refractivity contribution in [3.8, 4) is 0 Å². The van der Waals surface area contributed by atoms with E-state index in [-0.39, 0.29) is 0 Å². The Bertz CT molecular complexity index is 420. The number of nitrogens with one attached hydrogen (secondary N) is 1. The van der Waals surface area contributed by atoms with Gasteiger partial charge in [-0.25, -0.2) is 8.42 Å². The molecular weight excluding hydrogens is 272 g/mol. The Morgan fingerprint density at radius 2 is 1.80 bits per heavy atom. The molecule has 0 radical (unpaired) electrons. The molecule has 3 rings (SSSR count). The number of fused-ring (bicyclic) bond motifs is 1. The zero-order valence-electron chi connectivity index (χ0n) is 12.4. The monoisotopic (exact) mass is 300 g/mol. The van der Waals surface area contributed by atoms with Crippen molar-refractivity contribution in [3.05, 3.63) is 0 Å². The minimum atomic E-state index is -3.01. The van der Waals surface area contributed by atoms with Crippen LogP contribution in [0.2, 0.25) is 0 Å². The summed E-state index contributed by atoms with van der Waals surface area (Å²) in [7, 11) is -3.01. The van der Waals surface area contributed by atoms with Crippen molar-refractivity contribution in [3.63, 3.8) is 0 Å². The first-order valence-electron chi connectivity index (χ1n) is 8.40. The maximum Gasteiger partial charge on any atom is 0.214 e. The molecule has 3 fully saturated rings. The van der Waals surface area contributed by atoms with E-state index >= 15 is 0 Å². The van der Waals surface area contributed by atoms with E-state index in [0.29, 0.717) is 17.7 Å². The van der Waals surface area contributed by atoms with Gasteiger partial charge in [0.2, 0.25) is 10.0 Å². The zero-order valence-corrected chi connectivity index (χ0v) is 13.2. The molecule has 0 aromatic rings. The lowest BCUT2D eigenvalue weighted by Crippen LogP contribution is -2.40. The number of rotatable bonds is 7. The summed E-state index contributed by atoms with van der Waals surface area (Å²) in [5.74, 6) is 0.998. The zero-order chi connectivity index (χ0) is 14.0. The first-order chi connectivity index (χ1) is 9.67. The number of nitrogens with zero attached hydrogens (tertiary/aromatic N) is 1. The number of unbranched alkanes of at least 4 members (excludes halogenated alkanes) is 1. The van der Waals surface area contributed by atoms with E-state index in [9.17, 15) is 8.42 Å². The minimum Gasteiger partial charge on any atom is -0.314 e. The molecule has 2 atom stereocenters. The summed E-state index contributed by atoms with van der Waals surface area (Å²) in [4.78, 5) is 0. The van der Waals surface area contributed by atoms with Gasteiger partial charge >= 0.3 is 0 Å². The summed E-state index contributed by atoms with van der Waals surface area (Å²) >= 11 is 0. The van der Waals surface area contributed by atoms with Gasteiger partial charge in [-0.2, -0.15) is 4.31 Å². The fourth-order valence-corrected chi connectivity index (χ4v) is 5.71. The van der Waals surface area contributed by atoms with Gasteiger partial charge in [0.15, 0.2) is 0 Å². The van der Waals surface area contributed by atoms with E-state index in [2.05, 4.69) is 5.32 Å². The highest BCUT2D eigenvalue weighted by Gasteiger charge is 2.41. The number of hydrogen-bond acceptors (Lipinski definition) is 3. The van der Waals surface area contributed by atoms with E-state index in [1.54, 1.807) is 0 Å². The molecule has 2 saturated carbocycles. The molecule has 0 aromatic heterocycles. The largest absolute Gasteiger partial charge is 0.314 e. The van der Waals surface area contributed by atoms with Crippen LogP contribution in [-0.2, 0) is 10.0 Å². The Kier molecular flexibility index (Phi) is 4.68. The lowest BCUT2D eigenvalue weighted by molar-refractivity contribution is 0.260. The van der Waals surface area contributed by atoms with Crippen LogP contribution in [0, 0.1) is 5.92 Å². The van der Waals surface area contributed by atoms with Crippen molar-refractivity contribution in [2.24, 2.45) is 5.92 Å². The summed E-state index contributed by atoms with van der Waals surface area (Å²) in [5.41, 5.74) is 0. The molecule has 1 N–H and O–H groups in total. The third-order valence-corrected chi connectivity index (χ3v) is 7.13. The quantitative estimate of drug-likeness (QED) is 0.733. The van der Waals surface area contributed by atoms with Crippen LogP contribution < -0.4 is 5.32 Å². The van der Waals surface area contributed by atoms with Gasteiger partial charge in [-0.05, 0) is 57.4 Å². The molecule has 0 spiro atoms. The molecule has 0 amide bonds. The Hall–Kier alpha value is -0.130.